The SMILES string of the molecule is CCOCN(C(=O)Cn1c(Cc2ccccc2)nc2ccccc21)c1c(C)cccc1CC. The van der Waals surface area contributed by atoms with E-state index in [0.29, 0.717) is 13.0 Å². The fourth-order valence-corrected chi connectivity index (χ4v) is 4.27. The fraction of sp³-hybridized carbons (Fsp3) is 0.286. The number of rotatable bonds is 9. The molecule has 33 heavy (non-hydrogen) atoms. The number of anilines is 1. The Balaban J connectivity index is 1.73. The Labute approximate surface area is 195 Å². The topological polar surface area (TPSA) is 47.4 Å². The van der Waals surface area contributed by atoms with Crippen LogP contribution in [0.25, 0.3) is 11.0 Å². The van der Waals surface area contributed by atoms with Gasteiger partial charge in [0, 0.05) is 13.0 Å². The zero-order valence-electron chi connectivity index (χ0n) is 19.6. The highest BCUT2D eigenvalue weighted by Crippen LogP contribution is 2.27. The molecule has 0 N–H and O–H groups in total. The van der Waals surface area contributed by atoms with Gasteiger partial charge in [-0.05, 0) is 49.1 Å². The van der Waals surface area contributed by atoms with E-state index >= 15 is 0 Å². The number of para-hydroxylation sites is 3. The fourth-order valence-electron chi connectivity index (χ4n) is 4.27. The minimum atomic E-state index is -0.00934. The van der Waals surface area contributed by atoms with Gasteiger partial charge in [-0.25, -0.2) is 4.98 Å². The molecule has 1 aromatic heterocycles. The van der Waals surface area contributed by atoms with E-state index in [-0.39, 0.29) is 19.2 Å². The van der Waals surface area contributed by atoms with E-state index < -0.39 is 0 Å². The normalized spacial score (nSPS) is 11.1. The molecule has 4 aromatic rings. The minimum Gasteiger partial charge on any atom is -0.361 e. The average Bonchev–Trinajstić information content (AvgIpc) is 3.17. The number of fused-ring (bicyclic) bond motifs is 1. The molecule has 1 amide bonds. The predicted molar refractivity (Wildman–Crippen MR) is 134 cm³/mol. The minimum absolute atomic E-state index is 0.00934. The molecule has 0 fully saturated rings. The van der Waals surface area contributed by atoms with Crippen molar-refractivity contribution in [2.24, 2.45) is 0 Å². The van der Waals surface area contributed by atoms with Crippen LogP contribution in [0, 0.1) is 6.92 Å². The number of ether oxygens (including phenoxy) is 1. The van der Waals surface area contributed by atoms with Gasteiger partial charge in [-0.2, -0.15) is 0 Å². The first kappa shape index (κ1) is 22.7. The molecule has 0 aliphatic heterocycles. The maximum Gasteiger partial charge on any atom is 0.248 e. The molecular formula is C28H31N3O2. The molecular weight excluding hydrogens is 410 g/mol. The van der Waals surface area contributed by atoms with Crippen molar-refractivity contribution < 1.29 is 9.53 Å². The van der Waals surface area contributed by atoms with E-state index in [0.717, 1.165) is 40.1 Å². The van der Waals surface area contributed by atoms with Crippen molar-refractivity contribution in [1.29, 1.82) is 0 Å². The number of hydrogen-bond donors (Lipinski definition) is 0. The van der Waals surface area contributed by atoms with Gasteiger partial charge in [0.15, 0.2) is 0 Å². The van der Waals surface area contributed by atoms with Gasteiger partial charge in [-0.3, -0.25) is 9.69 Å². The van der Waals surface area contributed by atoms with Gasteiger partial charge in [0.25, 0.3) is 0 Å². The van der Waals surface area contributed by atoms with Gasteiger partial charge in [-0.15, -0.1) is 0 Å². The first-order valence-corrected chi connectivity index (χ1v) is 11.6. The summed E-state index contributed by atoms with van der Waals surface area (Å²) in [6.07, 6.45) is 1.51. The third-order valence-electron chi connectivity index (χ3n) is 5.93. The predicted octanol–water partition coefficient (Wildman–Crippen LogP) is 5.53. The lowest BCUT2D eigenvalue weighted by Crippen LogP contribution is -2.37. The van der Waals surface area contributed by atoms with E-state index in [2.05, 4.69) is 25.1 Å². The molecule has 5 nitrogen and oxygen atoms in total. The number of amides is 1. The molecule has 3 aromatic carbocycles. The van der Waals surface area contributed by atoms with Crippen LogP contribution in [0.3, 0.4) is 0 Å². The van der Waals surface area contributed by atoms with Crippen molar-refractivity contribution in [3.8, 4) is 0 Å². The van der Waals surface area contributed by atoms with Crippen molar-refractivity contribution in [2.75, 3.05) is 18.2 Å². The summed E-state index contributed by atoms with van der Waals surface area (Å²) in [6, 6.07) is 24.4. The Morgan fingerprint density at radius 1 is 0.970 bits per heavy atom. The van der Waals surface area contributed by atoms with Crippen LogP contribution in [0.1, 0.15) is 36.4 Å². The van der Waals surface area contributed by atoms with Crippen molar-refractivity contribution in [2.45, 2.75) is 40.2 Å². The standard InChI is InChI=1S/C28H31N3O2/c1-4-23-15-11-12-21(3)28(23)31(20-33-5-2)27(32)19-30-25-17-10-9-16-24(25)29-26(30)18-22-13-7-6-8-14-22/h6-17H,4-5,18-20H2,1-3H3. The highest BCUT2D eigenvalue weighted by atomic mass is 16.5. The Morgan fingerprint density at radius 3 is 2.48 bits per heavy atom. The Hall–Kier alpha value is -3.44. The second-order valence-electron chi connectivity index (χ2n) is 8.15. The Bertz CT molecular complexity index is 1230. The lowest BCUT2D eigenvalue weighted by molar-refractivity contribution is -0.120. The zero-order chi connectivity index (χ0) is 23.2. The van der Waals surface area contributed by atoms with E-state index in [1.807, 2.05) is 73.0 Å². The number of imidazole rings is 1. The molecule has 0 atom stereocenters. The number of hydrogen-bond acceptors (Lipinski definition) is 3. The molecule has 5 heteroatoms. The molecule has 0 aliphatic rings. The largest absolute Gasteiger partial charge is 0.361 e. The molecule has 0 unspecified atom stereocenters. The summed E-state index contributed by atoms with van der Waals surface area (Å²) < 4.78 is 7.79. The van der Waals surface area contributed by atoms with Gasteiger partial charge in [0.05, 0.1) is 16.7 Å². The van der Waals surface area contributed by atoms with Crippen LogP contribution in [0.4, 0.5) is 5.69 Å². The van der Waals surface area contributed by atoms with Crippen molar-refractivity contribution in [3.05, 3.63) is 95.3 Å². The molecule has 0 aliphatic carbocycles. The van der Waals surface area contributed by atoms with Crippen molar-refractivity contribution in [3.63, 3.8) is 0 Å². The molecule has 0 saturated carbocycles. The summed E-state index contributed by atoms with van der Waals surface area (Å²) >= 11 is 0. The third kappa shape index (κ3) is 4.99. The monoisotopic (exact) mass is 441 g/mol. The number of carbonyl (C=O) groups excluding carboxylic acids is 1. The van der Waals surface area contributed by atoms with E-state index in [9.17, 15) is 4.79 Å². The molecule has 0 saturated heterocycles. The Morgan fingerprint density at radius 2 is 1.73 bits per heavy atom. The van der Waals surface area contributed by atoms with E-state index in [4.69, 9.17) is 9.72 Å². The number of nitrogens with zero attached hydrogens (tertiary/aromatic N) is 3. The third-order valence-corrected chi connectivity index (χ3v) is 5.93. The van der Waals surface area contributed by atoms with Crippen LogP contribution in [0.5, 0.6) is 0 Å². The molecule has 4 rings (SSSR count). The first-order valence-electron chi connectivity index (χ1n) is 11.6. The summed E-state index contributed by atoms with van der Waals surface area (Å²) in [6.45, 7) is 7.09. The molecule has 1 heterocycles. The first-order chi connectivity index (χ1) is 16.1. The number of aryl methyl sites for hydroxylation is 2. The highest BCUT2D eigenvalue weighted by Gasteiger charge is 2.23. The number of aromatic nitrogens is 2. The number of benzene rings is 3. The number of carbonyl (C=O) groups is 1. The summed E-state index contributed by atoms with van der Waals surface area (Å²) in [7, 11) is 0. The van der Waals surface area contributed by atoms with Crippen LogP contribution in [-0.4, -0.2) is 28.8 Å². The molecule has 170 valence electrons. The van der Waals surface area contributed by atoms with Gasteiger partial charge in [0.1, 0.15) is 19.1 Å². The summed E-state index contributed by atoms with van der Waals surface area (Å²) in [5.74, 6) is 0.873. The van der Waals surface area contributed by atoms with E-state index in [1.54, 1.807) is 4.90 Å². The van der Waals surface area contributed by atoms with Crippen LogP contribution in [-0.2, 0) is 28.9 Å². The summed E-state index contributed by atoms with van der Waals surface area (Å²) in [4.78, 5) is 20.4. The van der Waals surface area contributed by atoms with Gasteiger partial charge in [0.2, 0.25) is 5.91 Å². The van der Waals surface area contributed by atoms with Crippen molar-refractivity contribution >= 4 is 22.6 Å². The molecule has 0 bridgehead atoms. The van der Waals surface area contributed by atoms with Crippen LogP contribution >= 0.6 is 0 Å². The van der Waals surface area contributed by atoms with Gasteiger partial charge < -0.3 is 9.30 Å². The highest BCUT2D eigenvalue weighted by molar-refractivity contribution is 5.95. The summed E-state index contributed by atoms with van der Waals surface area (Å²) in [5, 5.41) is 0. The Kier molecular flexibility index (Phi) is 7.20. The maximum atomic E-state index is 13.8. The van der Waals surface area contributed by atoms with E-state index in [1.165, 1.54) is 5.56 Å². The molecule has 0 radical (unpaired) electrons. The quantitative estimate of drug-likeness (QED) is 0.321. The second-order valence-corrected chi connectivity index (χ2v) is 8.15. The zero-order valence-corrected chi connectivity index (χ0v) is 19.6. The lowest BCUT2D eigenvalue weighted by Gasteiger charge is -2.27. The average molecular weight is 442 g/mol. The maximum absolute atomic E-state index is 13.8. The second kappa shape index (κ2) is 10.5. The van der Waals surface area contributed by atoms with Gasteiger partial charge in [-0.1, -0.05) is 67.6 Å². The molecule has 0 spiro atoms. The van der Waals surface area contributed by atoms with Crippen LogP contribution in [0.2, 0.25) is 0 Å². The van der Waals surface area contributed by atoms with Crippen LogP contribution < -0.4 is 4.90 Å². The van der Waals surface area contributed by atoms with Gasteiger partial charge >= 0.3 is 0 Å². The van der Waals surface area contributed by atoms with Crippen LogP contribution in [0.15, 0.2) is 72.8 Å². The summed E-state index contributed by atoms with van der Waals surface area (Å²) in [5.41, 5.74) is 6.20. The smallest absolute Gasteiger partial charge is 0.248 e. The van der Waals surface area contributed by atoms with Crippen molar-refractivity contribution in [1.82, 2.24) is 9.55 Å². The lowest BCUT2D eigenvalue weighted by atomic mass is 10.0.